The molecule has 0 aromatic heterocycles. The highest BCUT2D eigenvalue weighted by molar-refractivity contribution is 7.89. The zero-order valence-electron chi connectivity index (χ0n) is 16.5. The molecular weight excluding hydrogens is 420 g/mol. The average Bonchev–Trinajstić information content (AvgIpc) is 2.77. The van der Waals surface area contributed by atoms with Crippen molar-refractivity contribution in [1.82, 2.24) is 9.62 Å². The molecule has 3 aromatic carbocycles. The molecule has 1 amide bonds. The van der Waals surface area contributed by atoms with Gasteiger partial charge in [-0.3, -0.25) is 4.79 Å². The van der Waals surface area contributed by atoms with E-state index < -0.39 is 10.0 Å². The van der Waals surface area contributed by atoms with Gasteiger partial charge in [0.1, 0.15) is 0 Å². The number of nitrogens with zero attached hydrogens (tertiary/aromatic N) is 1. The van der Waals surface area contributed by atoms with Gasteiger partial charge in [-0.25, -0.2) is 8.42 Å². The number of benzene rings is 3. The zero-order chi connectivity index (χ0) is 21.6. The summed E-state index contributed by atoms with van der Waals surface area (Å²) in [7, 11) is -3.81. The standard InChI is InChI=1S/C23H23ClN2O3S/c1-2-26(30(28,29)21-15-13-20(24)14-16-21)17-22(27)25-23(18-9-5-3-6-10-18)19-11-7-4-8-12-19/h3-16,23H,2,17H2,1H3,(H,25,27). The Hall–Kier alpha value is -2.67. The molecule has 3 rings (SSSR count). The second-order valence-electron chi connectivity index (χ2n) is 6.71. The largest absolute Gasteiger partial charge is 0.344 e. The van der Waals surface area contributed by atoms with Gasteiger partial charge in [-0.05, 0) is 35.4 Å². The molecule has 0 aliphatic heterocycles. The fourth-order valence-corrected chi connectivity index (χ4v) is 4.67. The first-order valence-electron chi connectivity index (χ1n) is 9.57. The molecule has 5 nitrogen and oxygen atoms in total. The van der Waals surface area contributed by atoms with Gasteiger partial charge in [0.05, 0.1) is 17.5 Å². The Balaban J connectivity index is 1.81. The fourth-order valence-electron chi connectivity index (χ4n) is 3.14. The van der Waals surface area contributed by atoms with Gasteiger partial charge in [-0.2, -0.15) is 4.31 Å². The van der Waals surface area contributed by atoms with Crippen molar-refractivity contribution in [3.63, 3.8) is 0 Å². The van der Waals surface area contributed by atoms with Crippen LogP contribution in [0, 0.1) is 0 Å². The van der Waals surface area contributed by atoms with E-state index in [0.717, 1.165) is 15.4 Å². The van der Waals surface area contributed by atoms with Crippen LogP contribution in [0.25, 0.3) is 0 Å². The SMILES string of the molecule is CCN(CC(=O)NC(c1ccccc1)c1ccccc1)S(=O)(=O)c1ccc(Cl)cc1. The van der Waals surface area contributed by atoms with E-state index in [9.17, 15) is 13.2 Å². The lowest BCUT2D eigenvalue weighted by atomic mass is 9.99. The van der Waals surface area contributed by atoms with Crippen molar-refractivity contribution in [2.75, 3.05) is 13.1 Å². The van der Waals surface area contributed by atoms with Crippen LogP contribution in [0.2, 0.25) is 5.02 Å². The third-order valence-electron chi connectivity index (χ3n) is 4.70. The summed E-state index contributed by atoms with van der Waals surface area (Å²) in [5.41, 5.74) is 1.83. The number of sulfonamides is 1. The first-order chi connectivity index (χ1) is 14.4. The molecule has 0 atom stereocenters. The highest BCUT2D eigenvalue weighted by Crippen LogP contribution is 2.22. The highest BCUT2D eigenvalue weighted by atomic mass is 35.5. The van der Waals surface area contributed by atoms with Crippen LogP contribution in [-0.4, -0.2) is 31.7 Å². The zero-order valence-corrected chi connectivity index (χ0v) is 18.1. The smallest absolute Gasteiger partial charge is 0.243 e. The minimum absolute atomic E-state index is 0.101. The van der Waals surface area contributed by atoms with E-state index in [-0.39, 0.29) is 29.9 Å². The first-order valence-corrected chi connectivity index (χ1v) is 11.4. The Morgan fingerprint density at radius 3 is 1.87 bits per heavy atom. The van der Waals surface area contributed by atoms with Crippen LogP contribution in [0.5, 0.6) is 0 Å². The molecule has 30 heavy (non-hydrogen) atoms. The molecule has 0 unspecified atom stereocenters. The number of hydrogen-bond acceptors (Lipinski definition) is 3. The molecule has 0 heterocycles. The Morgan fingerprint density at radius 2 is 1.40 bits per heavy atom. The van der Waals surface area contributed by atoms with E-state index in [0.29, 0.717) is 5.02 Å². The Labute approximate surface area is 182 Å². The minimum atomic E-state index is -3.81. The van der Waals surface area contributed by atoms with E-state index in [4.69, 9.17) is 11.6 Å². The Kier molecular flexibility index (Phi) is 7.26. The van der Waals surface area contributed by atoms with E-state index >= 15 is 0 Å². The summed E-state index contributed by atoms with van der Waals surface area (Å²) < 4.78 is 27.0. The molecule has 7 heteroatoms. The Morgan fingerprint density at radius 1 is 0.900 bits per heavy atom. The maximum atomic E-state index is 12.9. The molecule has 0 spiro atoms. The van der Waals surface area contributed by atoms with Gasteiger partial charge >= 0.3 is 0 Å². The number of likely N-dealkylation sites (N-methyl/N-ethyl adjacent to an activating group) is 1. The lowest BCUT2D eigenvalue weighted by molar-refractivity contribution is -0.121. The van der Waals surface area contributed by atoms with Gasteiger partial charge in [0, 0.05) is 11.6 Å². The lowest BCUT2D eigenvalue weighted by Crippen LogP contribution is -2.42. The van der Waals surface area contributed by atoms with Crippen molar-refractivity contribution in [1.29, 1.82) is 0 Å². The maximum absolute atomic E-state index is 12.9. The maximum Gasteiger partial charge on any atom is 0.243 e. The van der Waals surface area contributed by atoms with E-state index in [1.54, 1.807) is 6.92 Å². The van der Waals surface area contributed by atoms with E-state index in [2.05, 4.69) is 5.32 Å². The van der Waals surface area contributed by atoms with Crippen LogP contribution in [0.4, 0.5) is 0 Å². The molecule has 156 valence electrons. The predicted molar refractivity (Wildman–Crippen MR) is 119 cm³/mol. The fraction of sp³-hybridized carbons (Fsp3) is 0.174. The number of carbonyl (C=O) groups is 1. The van der Waals surface area contributed by atoms with Crippen LogP contribution >= 0.6 is 11.6 Å². The van der Waals surface area contributed by atoms with Gasteiger partial charge in [0.2, 0.25) is 15.9 Å². The van der Waals surface area contributed by atoms with Gasteiger partial charge < -0.3 is 5.32 Å². The predicted octanol–water partition coefficient (Wildman–Crippen LogP) is 4.26. The summed E-state index contributed by atoms with van der Waals surface area (Å²) in [6.07, 6.45) is 0. The number of hydrogen-bond donors (Lipinski definition) is 1. The second-order valence-corrected chi connectivity index (χ2v) is 9.08. The van der Waals surface area contributed by atoms with Gasteiger partial charge in [-0.15, -0.1) is 0 Å². The third kappa shape index (κ3) is 5.27. The average molecular weight is 443 g/mol. The van der Waals surface area contributed by atoms with Gasteiger partial charge in [-0.1, -0.05) is 79.2 Å². The number of rotatable bonds is 8. The van der Waals surface area contributed by atoms with Crippen molar-refractivity contribution >= 4 is 27.5 Å². The van der Waals surface area contributed by atoms with Gasteiger partial charge in [0.25, 0.3) is 0 Å². The molecule has 0 saturated heterocycles. The normalized spacial score (nSPS) is 11.6. The van der Waals surface area contributed by atoms with Crippen molar-refractivity contribution < 1.29 is 13.2 Å². The molecule has 3 aromatic rings. The number of halogens is 1. The summed E-state index contributed by atoms with van der Waals surface area (Å²) in [6.45, 7) is 1.59. The first kappa shape index (κ1) is 22.0. The Bertz CT molecular complexity index is 1030. The lowest BCUT2D eigenvalue weighted by Gasteiger charge is -2.24. The van der Waals surface area contributed by atoms with Crippen LogP contribution in [0.3, 0.4) is 0 Å². The van der Waals surface area contributed by atoms with Crippen LogP contribution < -0.4 is 5.32 Å². The van der Waals surface area contributed by atoms with E-state index in [1.165, 1.54) is 24.3 Å². The topological polar surface area (TPSA) is 66.5 Å². The summed E-state index contributed by atoms with van der Waals surface area (Å²) >= 11 is 5.86. The van der Waals surface area contributed by atoms with Crippen molar-refractivity contribution in [3.05, 3.63) is 101 Å². The van der Waals surface area contributed by atoms with Crippen molar-refractivity contribution in [2.45, 2.75) is 17.9 Å². The molecule has 0 aliphatic rings. The summed E-state index contributed by atoms with van der Waals surface area (Å²) in [6, 6.07) is 24.7. The molecule has 0 aliphatic carbocycles. The second kappa shape index (κ2) is 9.89. The molecule has 0 fully saturated rings. The summed E-state index contributed by atoms with van der Waals surface area (Å²) in [5, 5.41) is 3.43. The van der Waals surface area contributed by atoms with Crippen molar-refractivity contribution in [2.24, 2.45) is 0 Å². The molecule has 0 radical (unpaired) electrons. The molecule has 0 bridgehead atoms. The van der Waals surface area contributed by atoms with Crippen LogP contribution in [0.1, 0.15) is 24.1 Å². The van der Waals surface area contributed by atoms with Crippen molar-refractivity contribution in [3.8, 4) is 0 Å². The number of carbonyl (C=O) groups excluding carboxylic acids is 1. The van der Waals surface area contributed by atoms with Crippen LogP contribution in [0.15, 0.2) is 89.8 Å². The number of nitrogens with one attached hydrogen (secondary N) is 1. The quantitative estimate of drug-likeness (QED) is 0.567. The molecule has 0 saturated carbocycles. The van der Waals surface area contributed by atoms with Crippen LogP contribution in [-0.2, 0) is 14.8 Å². The third-order valence-corrected chi connectivity index (χ3v) is 6.88. The van der Waals surface area contributed by atoms with E-state index in [1.807, 2.05) is 60.7 Å². The highest BCUT2D eigenvalue weighted by Gasteiger charge is 2.26. The summed E-state index contributed by atoms with van der Waals surface area (Å²) in [4.78, 5) is 13.0. The summed E-state index contributed by atoms with van der Waals surface area (Å²) in [5.74, 6) is -0.382. The molecule has 1 N–H and O–H groups in total. The monoisotopic (exact) mass is 442 g/mol. The molecular formula is C23H23ClN2O3S. The van der Waals surface area contributed by atoms with Gasteiger partial charge in [0.15, 0.2) is 0 Å². The number of amides is 1. The minimum Gasteiger partial charge on any atom is -0.344 e.